The number of benzene rings is 2. The third-order valence-electron chi connectivity index (χ3n) is 4.87. The number of rotatable bonds is 8. The van der Waals surface area contributed by atoms with E-state index in [4.69, 9.17) is 9.11 Å². The Morgan fingerprint density at radius 1 is 0.553 bits per heavy atom. The molecule has 0 spiro atoms. The zero-order chi connectivity index (χ0) is 29.2. The highest BCUT2D eigenvalue weighted by atomic mass is 32.2. The van der Waals surface area contributed by atoms with E-state index in [1.54, 1.807) is 10.6 Å². The van der Waals surface area contributed by atoms with E-state index in [9.17, 15) is 62.6 Å². The average molecular weight is 619 g/mol. The molecule has 18 nitrogen and oxygen atoms in total. The summed E-state index contributed by atoms with van der Waals surface area (Å²) < 4.78 is 129. The summed E-state index contributed by atoms with van der Waals surface area (Å²) in [5.74, 6) is -8.94. The first-order valence-electron chi connectivity index (χ1n) is 9.27. The third kappa shape index (κ3) is 5.56. The summed E-state index contributed by atoms with van der Waals surface area (Å²) in [5, 5.41) is 24.4. The van der Waals surface area contributed by atoms with E-state index in [1.165, 1.54) is 0 Å². The van der Waals surface area contributed by atoms with Crippen LogP contribution >= 0.6 is 0 Å². The van der Waals surface area contributed by atoms with Crippen LogP contribution in [-0.4, -0.2) is 85.4 Å². The zero-order valence-corrected chi connectivity index (χ0v) is 21.2. The molecule has 0 unspecified atom stereocenters. The fourth-order valence-electron chi connectivity index (χ4n) is 3.54. The van der Waals surface area contributed by atoms with Gasteiger partial charge in [0.1, 0.15) is 33.0 Å². The molecular formula is C16H14N2O16S4. The SMILES string of the molecule is O=C1c2c(O)cc(S(=O)(=O)O)c(NCS(=O)(=O)O)c2C(=O)c2c(O)cc(S(=O)(=O)O)c(NCS(=O)(=O)O)c21. The van der Waals surface area contributed by atoms with E-state index in [0.717, 1.165) is 0 Å². The molecule has 0 amide bonds. The van der Waals surface area contributed by atoms with Gasteiger partial charge >= 0.3 is 0 Å². The average Bonchev–Trinajstić information content (AvgIpc) is 2.71. The van der Waals surface area contributed by atoms with E-state index in [0.29, 0.717) is 0 Å². The molecule has 1 aliphatic rings. The van der Waals surface area contributed by atoms with E-state index in [-0.39, 0.29) is 12.1 Å². The molecule has 208 valence electrons. The lowest BCUT2D eigenvalue weighted by Crippen LogP contribution is -2.28. The predicted molar refractivity (Wildman–Crippen MR) is 123 cm³/mol. The highest BCUT2D eigenvalue weighted by molar-refractivity contribution is 7.86. The lowest BCUT2D eigenvalue weighted by Gasteiger charge is -2.26. The van der Waals surface area contributed by atoms with Gasteiger partial charge in [-0.3, -0.25) is 27.8 Å². The maximum absolute atomic E-state index is 13.4. The first kappa shape index (κ1) is 29.2. The normalized spacial score (nSPS) is 14.1. The van der Waals surface area contributed by atoms with Crippen molar-refractivity contribution in [2.24, 2.45) is 0 Å². The minimum Gasteiger partial charge on any atom is -0.507 e. The van der Waals surface area contributed by atoms with Gasteiger partial charge < -0.3 is 20.8 Å². The van der Waals surface area contributed by atoms with Gasteiger partial charge in [-0.05, 0) is 0 Å². The van der Waals surface area contributed by atoms with Crippen LogP contribution in [0.3, 0.4) is 0 Å². The summed E-state index contributed by atoms with van der Waals surface area (Å²) in [5.41, 5.74) is -6.95. The van der Waals surface area contributed by atoms with E-state index in [1.807, 2.05) is 0 Å². The molecule has 0 aromatic heterocycles. The number of phenolic OH excluding ortho intramolecular Hbond substituents is 2. The molecule has 2 aromatic rings. The van der Waals surface area contributed by atoms with Crippen molar-refractivity contribution in [3.05, 3.63) is 34.4 Å². The Hall–Kier alpha value is -3.38. The molecule has 0 radical (unpaired) electrons. The third-order valence-corrected chi connectivity index (χ3v) is 7.64. The van der Waals surface area contributed by atoms with Gasteiger partial charge in [-0.1, -0.05) is 0 Å². The van der Waals surface area contributed by atoms with Gasteiger partial charge in [-0.15, -0.1) is 0 Å². The molecule has 1 aliphatic carbocycles. The first-order chi connectivity index (χ1) is 17.0. The number of anilines is 2. The second-order valence-electron chi connectivity index (χ2n) is 7.45. The highest BCUT2D eigenvalue weighted by Crippen LogP contribution is 2.46. The van der Waals surface area contributed by atoms with E-state index >= 15 is 0 Å². The van der Waals surface area contributed by atoms with Crippen molar-refractivity contribution in [3.63, 3.8) is 0 Å². The Morgan fingerprint density at radius 2 is 0.842 bits per heavy atom. The smallest absolute Gasteiger partial charge is 0.296 e. The molecule has 2 aromatic carbocycles. The summed E-state index contributed by atoms with van der Waals surface area (Å²) in [6.45, 7) is 0. The van der Waals surface area contributed by atoms with Crippen LogP contribution in [0.15, 0.2) is 21.9 Å². The van der Waals surface area contributed by atoms with Crippen molar-refractivity contribution in [2.75, 3.05) is 22.4 Å². The van der Waals surface area contributed by atoms with E-state index in [2.05, 4.69) is 0 Å². The Bertz CT molecular complexity index is 1720. The van der Waals surface area contributed by atoms with Crippen LogP contribution in [0.2, 0.25) is 0 Å². The number of hydrogen-bond donors (Lipinski definition) is 8. The topological polar surface area (TPSA) is 316 Å². The number of nitrogens with one attached hydrogen (secondary N) is 2. The van der Waals surface area contributed by atoms with Crippen molar-refractivity contribution in [2.45, 2.75) is 9.79 Å². The van der Waals surface area contributed by atoms with Gasteiger partial charge in [0, 0.05) is 12.1 Å². The molecule has 38 heavy (non-hydrogen) atoms. The number of aromatic hydroxyl groups is 2. The standard InChI is InChI=1S/C16H14N2O16S4/c19-5-1-7(37(29,30)31)13(17-3-35(23,24)25)11-9(5)15(21)12-10(16(11)22)6(20)2-8(38(32,33)34)14(12)18-4-36(26,27)28/h1-2,17-20H,3-4H2,(H,23,24,25)(H,26,27,28)(H,29,30,31)(H,32,33,34). The summed E-state index contributed by atoms with van der Waals surface area (Å²) in [4.78, 5) is 24.1. The number of fused-ring (bicyclic) bond motifs is 2. The lowest BCUT2D eigenvalue weighted by molar-refractivity contribution is 0.0975. The minimum atomic E-state index is -5.39. The molecular weight excluding hydrogens is 604 g/mol. The predicted octanol–water partition coefficient (Wildman–Crippen LogP) is -1.12. The monoisotopic (exact) mass is 618 g/mol. The molecule has 0 bridgehead atoms. The molecule has 0 atom stereocenters. The van der Waals surface area contributed by atoms with Crippen molar-refractivity contribution in [1.82, 2.24) is 0 Å². The Balaban J connectivity index is 2.49. The van der Waals surface area contributed by atoms with Gasteiger partial charge in [0.2, 0.25) is 11.6 Å². The molecule has 22 heteroatoms. The molecule has 0 aliphatic heterocycles. The Labute approximate surface area is 212 Å². The second kappa shape index (κ2) is 9.12. The van der Waals surface area contributed by atoms with Gasteiger partial charge in [-0.2, -0.15) is 33.7 Å². The van der Waals surface area contributed by atoms with Crippen LogP contribution in [-0.2, 0) is 40.5 Å². The lowest BCUT2D eigenvalue weighted by atomic mass is 9.81. The molecule has 0 fully saturated rings. The number of hydrogen-bond acceptors (Lipinski definition) is 14. The maximum atomic E-state index is 13.4. The maximum Gasteiger partial charge on any atom is 0.296 e. The van der Waals surface area contributed by atoms with Crippen LogP contribution in [0.1, 0.15) is 31.8 Å². The number of carbonyl (C=O) groups is 2. The molecule has 3 rings (SSSR count). The Kier molecular flexibility index (Phi) is 7.01. The van der Waals surface area contributed by atoms with Crippen molar-refractivity contribution < 1.29 is 71.7 Å². The molecule has 0 saturated heterocycles. The van der Waals surface area contributed by atoms with Crippen LogP contribution in [0.4, 0.5) is 11.4 Å². The van der Waals surface area contributed by atoms with Crippen molar-refractivity contribution in [1.29, 1.82) is 0 Å². The van der Waals surface area contributed by atoms with Crippen molar-refractivity contribution >= 4 is 63.4 Å². The number of carbonyl (C=O) groups excluding carboxylic acids is 2. The Morgan fingerprint density at radius 3 is 1.08 bits per heavy atom. The fourth-order valence-corrected chi connectivity index (χ4v) is 5.58. The first-order valence-corrected chi connectivity index (χ1v) is 15.4. The van der Waals surface area contributed by atoms with Crippen LogP contribution in [0.5, 0.6) is 11.5 Å². The number of ketones is 2. The summed E-state index contributed by atoms with van der Waals surface area (Å²) in [6.07, 6.45) is 0. The minimum absolute atomic E-state index is 0.189. The largest absolute Gasteiger partial charge is 0.507 e. The molecule has 0 saturated carbocycles. The summed E-state index contributed by atoms with van der Waals surface area (Å²) in [7, 11) is -20.7. The van der Waals surface area contributed by atoms with Gasteiger partial charge in [-0.25, -0.2) is 0 Å². The van der Waals surface area contributed by atoms with Gasteiger partial charge in [0.15, 0.2) is 0 Å². The quantitative estimate of drug-likeness (QED) is 0.109. The van der Waals surface area contributed by atoms with Crippen LogP contribution in [0, 0.1) is 0 Å². The fraction of sp³-hybridized carbons (Fsp3) is 0.125. The van der Waals surface area contributed by atoms with Crippen LogP contribution in [0.25, 0.3) is 0 Å². The van der Waals surface area contributed by atoms with Gasteiger partial charge in [0.25, 0.3) is 40.5 Å². The van der Waals surface area contributed by atoms with Crippen molar-refractivity contribution in [3.8, 4) is 11.5 Å². The summed E-state index contributed by atoms with van der Waals surface area (Å²) >= 11 is 0. The summed E-state index contributed by atoms with van der Waals surface area (Å²) in [6, 6.07) is 0.378. The zero-order valence-electron chi connectivity index (χ0n) is 18.0. The molecule has 8 N–H and O–H groups in total. The molecule has 0 heterocycles. The van der Waals surface area contributed by atoms with E-state index < -0.39 is 119 Å². The highest BCUT2D eigenvalue weighted by Gasteiger charge is 2.42. The van der Waals surface area contributed by atoms with Gasteiger partial charge in [0.05, 0.1) is 33.6 Å². The van der Waals surface area contributed by atoms with Crippen LogP contribution < -0.4 is 10.6 Å². The number of phenols is 2. The second-order valence-corrected chi connectivity index (χ2v) is 13.1.